The van der Waals surface area contributed by atoms with E-state index in [0.717, 1.165) is 18.3 Å². The summed E-state index contributed by atoms with van der Waals surface area (Å²) in [6.45, 7) is -0.0513. The summed E-state index contributed by atoms with van der Waals surface area (Å²) in [6, 6.07) is 10.5. The lowest BCUT2D eigenvalue weighted by Crippen LogP contribution is -2.26. The highest BCUT2D eigenvalue weighted by Crippen LogP contribution is 2.16. The van der Waals surface area contributed by atoms with Crippen LogP contribution in [0.15, 0.2) is 47.6 Å². The fourth-order valence-corrected chi connectivity index (χ4v) is 1.76. The summed E-state index contributed by atoms with van der Waals surface area (Å²) >= 11 is 0. The highest BCUT2D eigenvalue weighted by atomic mass is 19.1. The Labute approximate surface area is 132 Å². The van der Waals surface area contributed by atoms with Crippen molar-refractivity contribution in [3.63, 3.8) is 0 Å². The second kappa shape index (κ2) is 7.88. The number of ether oxygens (including phenoxy) is 1. The molecule has 7 heteroatoms. The topological polar surface area (TPSA) is 62.7 Å². The first-order valence-corrected chi connectivity index (χ1v) is 6.74. The fourth-order valence-electron chi connectivity index (χ4n) is 1.76. The van der Waals surface area contributed by atoms with Crippen molar-refractivity contribution in [2.45, 2.75) is 0 Å². The number of rotatable bonds is 6. The third kappa shape index (κ3) is 4.77. The lowest BCUT2D eigenvalue weighted by Gasteiger charge is -2.07. The van der Waals surface area contributed by atoms with Gasteiger partial charge in [-0.2, -0.15) is 5.10 Å². The number of benzene rings is 2. The summed E-state index contributed by atoms with van der Waals surface area (Å²) in [7, 11) is 1.54. The van der Waals surface area contributed by atoms with E-state index in [1.54, 1.807) is 31.4 Å². The Kier molecular flexibility index (Phi) is 5.62. The second-order valence-corrected chi connectivity index (χ2v) is 4.51. The van der Waals surface area contributed by atoms with Gasteiger partial charge in [-0.1, -0.05) is 12.1 Å². The number of carbonyl (C=O) groups is 1. The minimum Gasteiger partial charge on any atom is -0.497 e. The zero-order valence-electron chi connectivity index (χ0n) is 12.3. The lowest BCUT2D eigenvalue weighted by atomic mass is 10.2. The maximum Gasteiger partial charge on any atom is 0.259 e. The molecule has 1 amide bonds. The first kappa shape index (κ1) is 16.4. The number of nitrogens with zero attached hydrogens (tertiary/aromatic N) is 1. The Hall–Kier alpha value is -2.96. The van der Waals surface area contributed by atoms with E-state index in [0.29, 0.717) is 11.4 Å². The van der Waals surface area contributed by atoms with Crippen LogP contribution in [0.25, 0.3) is 0 Å². The third-order valence-corrected chi connectivity index (χ3v) is 2.91. The van der Waals surface area contributed by atoms with E-state index < -0.39 is 17.5 Å². The van der Waals surface area contributed by atoms with Gasteiger partial charge in [0, 0.05) is 11.8 Å². The van der Waals surface area contributed by atoms with Crippen LogP contribution in [-0.2, 0) is 4.79 Å². The van der Waals surface area contributed by atoms with Gasteiger partial charge in [-0.3, -0.25) is 4.79 Å². The number of halogens is 2. The zero-order chi connectivity index (χ0) is 16.7. The van der Waals surface area contributed by atoms with Gasteiger partial charge in [0.15, 0.2) is 0 Å². The first-order valence-electron chi connectivity index (χ1n) is 6.74. The van der Waals surface area contributed by atoms with Crippen molar-refractivity contribution in [2.75, 3.05) is 19.0 Å². The normalized spacial score (nSPS) is 10.6. The molecule has 0 aliphatic carbocycles. The largest absolute Gasteiger partial charge is 0.497 e. The Balaban J connectivity index is 1.86. The molecule has 23 heavy (non-hydrogen) atoms. The lowest BCUT2D eigenvalue weighted by molar-refractivity contribution is -0.119. The molecule has 0 aromatic heterocycles. The van der Waals surface area contributed by atoms with Crippen LogP contribution in [0.4, 0.5) is 14.5 Å². The summed E-state index contributed by atoms with van der Waals surface area (Å²) in [5.41, 5.74) is 2.57. The standard InChI is InChI=1S/C16H15F2N3O2/c1-23-12-5-2-4-11(8-12)19-10-16(22)21-20-9-13-14(17)6-3-7-15(13)18/h2-9,19H,10H2,1H3,(H,21,22)/b20-9-. The van der Waals surface area contributed by atoms with E-state index in [1.165, 1.54) is 6.07 Å². The monoisotopic (exact) mass is 319 g/mol. The van der Waals surface area contributed by atoms with Crippen molar-refractivity contribution in [3.05, 3.63) is 59.7 Å². The molecular formula is C16H15F2N3O2. The predicted molar refractivity (Wildman–Crippen MR) is 83.6 cm³/mol. The van der Waals surface area contributed by atoms with Gasteiger partial charge in [0.25, 0.3) is 5.91 Å². The van der Waals surface area contributed by atoms with E-state index in [4.69, 9.17) is 4.74 Å². The van der Waals surface area contributed by atoms with Crippen LogP contribution in [0.3, 0.4) is 0 Å². The van der Waals surface area contributed by atoms with Crippen LogP contribution in [0.5, 0.6) is 5.75 Å². The molecule has 120 valence electrons. The second-order valence-electron chi connectivity index (χ2n) is 4.51. The molecule has 0 fully saturated rings. The summed E-state index contributed by atoms with van der Waals surface area (Å²) in [5, 5.41) is 6.42. The van der Waals surface area contributed by atoms with Crippen LogP contribution in [0.2, 0.25) is 0 Å². The van der Waals surface area contributed by atoms with E-state index in [9.17, 15) is 13.6 Å². The molecule has 0 heterocycles. The Morgan fingerprint density at radius 1 is 1.22 bits per heavy atom. The van der Waals surface area contributed by atoms with Gasteiger partial charge in [0.1, 0.15) is 17.4 Å². The van der Waals surface area contributed by atoms with Crippen LogP contribution < -0.4 is 15.5 Å². The Morgan fingerprint density at radius 3 is 2.61 bits per heavy atom. The van der Waals surface area contributed by atoms with Gasteiger partial charge in [0.2, 0.25) is 0 Å². The Bertz CT molecular complexity index is 700. The summed E-state index contributed by atoms with van der Waals surface area (Å²) < 4.78 is 31.8. The SMILES string of the molecule is COc1cccc(NCC(=O)N/N=C\c2c(F)cccc2F)c1. The van der Waals surface area contributed by atoms with Gasteiger partial charge >= 0.3 is 0 Å². The maximum atomic E-state index is 13.3. The molecule has 0 bridgehead atoms. The van der Waals surface area contributed by atoms with Crippen LogP contribution >= 0.6 is 0 Å². The van der Waals surface area contributed by atoms with Crippen LogP contribution in [-0.4, -0.2) is 25.8 Å². The van der Waals surface area contributed by atoms with Crippen molar-refractivity contribution in [2.24, 2.45) is 5.10 Å². The quantitative estimate of drug-likeness (QED) is 0.635. The van der Waals surface area contributed by atoms with Crippen molar-refractivity contribution in [1.82, 2.24) is 5.43 Å². The van der Waals surface area contributed by atoms with Gasteiger partial charge < -0.3 is 10.1 Å². The molecule has 0 saturated carbocycles. The minimum atomic E-state index is -0.752. The van der Waals surface area contributed by atoms with Crippen LogP contribution in [0, 0.1) is 11.6 Å². The first-order chi connectivity index (χ1) is 11.1. The van der Waals surface area contributed by atoms with E-state index in [-0.39, 0.29) is 12.1 Å². The number of nitrogens with one attached hydrogen (secondary N) is 2. The predicted octanol–water partition coefficient (Wildman–Crippen LogP) is 2.54. The number of anilines is 1. The fraction of sp³-hybridized carbons (Fsp3) is 0.125. The number of hydrazone groups is 1. The molecule has 0 aliphatic heterocycles. The average Bonchev–Trinajstić information content (AvgIpc) is 2.56. The summed E-state index contributed by atoms with van der Waals surface area (Å²) in [5.74, 6) is -1.31. The molecule has 2 N–H and O–H groups in total. The summed E-state index contributed by atoms with van der Waals surface area (Å²) in [4.78, 5) is 11.6. The highest BCUT2D eigenvalue weighted by molar-refractivity contribution is 5.84. The molecule has 0 atom stereocenters. The molecule has 0 aliphatic rings. The molecule has 5 nitrogen and oxygen atoms in total. The number of hydrogen-bond donors (Lipinski definition) is 2. The number of methoxy groups -OCH3 is 1. The third-order valence-electron chi connectivity index (χ3n) is 2.91. The minimum absolute atomic E-state index is 0.0513. The molecule has 2 rings (SSSR count). The molecule has 0 radical (unpaired) electrons. The number of hydrogen-bond acceptors (Lipinski definition) is 4. The smallest absolute Gasteiger partial charge is 0.259 e. The van der Waals surface area contributed by atoms with Crippen molar-refractivity contribution >= 4 is 17.8 Å². The van der Waals surface area contributed by atoms with Crippen LogP contribution in [0.1, 0.15) is 5.56 Å². The van der Waals surface area contributed by atoms with E-state index >= 15 is 0 Å². The van der Waals surface area contributed by atoms with Crippen molar-refractivity contribution < 1.29 is 18.3 Å². The zero-order valence-corrected chi connectivity index (χ0v) is 12.3. The Morgan fingerprint density at radius 2 is 1.91 bits per heavy atom. The maximum absolute atomic E-state index is 13.3. The molecule has 2 aromatic carbocycles. The van der Waals surface area contributed by atoms with Gasteiger partial charge in [-0.25, -0.2) is 14.2 Å². The summed E-state index contributed by atoms with van der Waals surface area (Å²) in [6.07, 6.45) is 0.925. The number of amides is 1. The molecular weight excluding hydrogens is 304 g/mol. The molecule has 2 aromatic rings. The molecule has 0 spiro atoms. The number of carbonyl (C=O) groups excluding carboxylic acids is 1. The van der Waals surface area contributed by atoms with Crippen molar-refractivity contribution in [3.8, 4) is 5.75 Å². The van der Waals surface area contributed by atoms with E-state index in [1.807, 2.05) is 0 Å². The molecule has 0 unspecified atom stereocenters. The van der Waals surface area contributed by atoms with Crippen molar-refractivity contribution in [1.29, 1.82) is 0 Å². The van der Waals surface area contributed by atoms with E-state index in [2.05, 4.69) is 15.8 Å². The average molecular weight is 319 g/mol. The molecule has 0 saturated heterocycles. The van der Waals surface area contributed by atoms with Gasteiger partial charge in [0.05, 0.1) is 25.4 Å². The van der Waals surface area contributed by atoms with Gasteiger partial charge in [-0.05, 0) is 24.3 Å². The highest BCUT2D eigenvalue weighted by Gasteiger charge is 2.05. The van der Waals surface area contributed by atoms with Gasteiger partial charge in [-0.15, -0.1) is 0 Å².